The van der Waals surface area contributed by atoms with E-state index in [1.54, 1.807) is 0 Å². The molecule has 0 heterocycles. The summed E-state index contributed by atoms with van der Waals surface area (Å²) in [5.74, 6) is 0.0929. The fourth-order valence-electron chi connectivity index (χ4n) is 10.5. The number of phosphoric ester groups is 2. The number of aliphatic hydroxyl groups excluding tert-OH is 1. The van der Waals surface area contributed by atoms with Gasteiger partial charge in [0.1, 0.15) is 19.3 Å². The molecular formula is C73H138O17P2. The number of phosphoric acid groups is 2. The van der Waals surface area contributed by atoms with Gasteiger partial charge >= 0.3 is 39.5 Å². The molecule has 0 bridgehead atoms. The second-order valence-electron chi connectivity index (χ2n) is 26.6. The summed E-state index contributed by atoms with van der Waals surface area (Å²) in [6.45, 7) is 11.7. The lowest BCUT2D eigenvalue weighted by atomic mass is 9.99. The van der Waals surface area contributed by atoms with Gasteiger partial charge in [-0.3, -0.25) is 37.3 Å². The van der Waals surface area contributed by atoms with E-state index in [1.165, 1.54) is 128 Å². The SMILES string of the molecule is CCCCCC/C=C\C=C/CCCCCCCC(=O)O[C@H](COC(=O)CCCCCCCCC(C)CC)COP(=O)(O)OC[C@H](O)COP(=O)(O)OC[C@@H](COC(=O)CCCCCCCCC(C)C)OC(=O)CCCCCCCCCCCCCCCCC(C)CC. The molecule has 3 N–H and O–H groups in total. The first-order valence-corrected chi connectivity index (χ1v) is 40.2. The second kappa shape index (κ2) is 63.3. The predicted octanol–water partition coefficient (Wildman–Crippen LogP) is 20.6. The van der Waals surface area contributed by atoms with Crippen LogP contribution < -0.4 is 0 Å². The highest BCUT2D eigenvalue weighted by Gasteiger charge is 2.30. The lowest BCUT2D eigenvalue weighted by Gasteiger charge is -2.21. The summed E-state index contributed by atoms with van der Waals surface area (Å²) in [5, 5.41) is 10.6. The van der Waals surface area contributed by atoms with E-state index in [1.807, 2.05) is 0 Å². The van der Waals surface area contributed by atoms with Gasteiger partial charge in [-0.2, -0.15) is 0 Å². The first kappa shape index (κ1) is 89.5. The van der Waals surface area contributed by atoms with Crippen molar-refractivity contribution in [2.24, 2.45) is 17.8 Å². The van der Waals surface area contributed by atoms with Gasteiger partial charge in [-0.1, -0.05) is 291 Å². The summed E-state index contributed by atoms with van der Waals surface area (Å²) in [4.78, 5) is 72.6. The Kier molecular flexibility index (Phi) is 61.6. The topological polar surface area (TPSA) is 237 Å². The lowest BCUT2D eigenvalue weighted by Crippen LogP contribution is -2.30. The molecule has 542 valence electrons. The highest BCUT2D eigenvalue weighted by molar-refractivity contribution is 7.47. The molecule has 0 saturated carbocycles. The van der Waals surface area contributed by atoms with Crippen molar-refractivity contribution in [2.75, 3.05) is 39.6 Å². The number of aliphatic hydroxyl groups is 1. The highest BCUT2D eigenvalue weighted by Crippen LogP contribution is 2.45. The lowest BCUT2D eigenvalue weighted by molar-refractivity contribution is -0.161. The van der Waals surface area contributed by atoms with E-state index >= 15 is 0 Å². The monoisotopic (exact) mass is 1350 g/mol. The zero-order valence-electron chi connectivity index (χ0n) is 59.5. The minimum absolute atomic E-state index is 0.0836. The number of hydrogen-bond donors (Lipinski definition) is 3. The zero-order chi connectivity index (χ0) is 68.0. The van der Waals surface area contributed by atoms with Crippen molar-refractivity contribution in [1.29, 1.82) is 0 Å². The minimum Gasteiger partial charge on any atom is -0.462 e. The van der Waals surface area contributed by atoms with Gasteiger partial charge in [0.05, 0.1) is 26.4 Å². The first-order valence-electron chi connectivity index (χ1n) is 37.2. The van der Waals surface area contributed by atoms with Crippen molar-refractivity contribution >= 4 is 39.5 Å². The maximum absolute atomic E-state index is 13.0. The third-order valence-electron chi connectivity index (χ3n) is 17.0. The van der Waals surface area contributed by atoms with Crippen LogP contribution in [0.15, 0.2) is 24.3 Å². The van der Waals surface area contributed by atoms with Gasteiger partial charge in [-0.05, 0) is 69.1 Å². The average molecular weight is 1350 g/mol. The number of carbonyl (C=O) groups is 4. The van der Waals surface area contributed by atoms with Crippen LogP contribution in [0.2, 0.25) is 0 Å². The molecule has 4 unspecified atom stereocenters. The summed E-state index contributed by atoms with van der Waals surface area (Å²) in [6, 6.07) is 0. The van der Waals surface area contributed by atoms with Crippen LogP contribution in [-0.4, -0.2) is 96.7 Å². The van der Waals surface area contributed by atoms with E-state index in [4.69, 9.17) is 37.0 Å². The maximum atomic E-state index is 13.0. The Labute approximate surface area is 561 Å². The Balaban J connectivity index is 5.25. The Hall–Kier alpha value is -2.46. The molecule has 0 aromatic heterocycles. The van der Waals surface area contributed by atoms with Crippen LogP contribution in [-0.2, 0) is 65.4 Å². The van der Waals surface area contributed by atoms with Crippen LogP contribution in [0.3, 0.4) is 0 Å². The average Bonchev–Trinajstić information content (AvgIpc) is 1.56. The Morgan fingerprint density at radius 1 is 0.359 bits per heavy atom. The van der Waals surface area contributed by atoms with Crippen LogP contribution in [0.1, 0.15) is 344 Å². The fraction of sp³-hybridized carbons (Fsp3) is 0.890. The smallest absolute Gasteiger partial charge is 0.462 e. The summed E-state index contributed by atoms with van der Waals surface area (Å²) >= 11 is 0. The molecule has 0 aliphatic rings. The molecule has 0 aliphatic heterocycles. The Bertz CT molecular complexity index is 1900. The van der Waals surface area contributed by atoms with Gasteiger partial charge in [0.25, 0.3) is 0 Å². The quantitative estimate of drug-likeness (QED) is 0.0169. The first-order chi connectivity index (χ1) is 44.3. The molecule has 0 spiro atoms. The van der Waals surface area contributed by atoms with Gasteiger partial charge in [-0.25, -0.2) is 9.13 Å². The fourth-order valence-corrected chi connectivity index (χ4v) is 12.0. The van der Waals surface area contributed by atoms with Gasteiger partial charge in [0.2, 0.25) is 0 Å². The van der Waals surface area contributed by atoms with Crippen LogP contribution in [0.25, 0.3) is 0 Å². The number of esters is 4. The zero-order valence-corrected chi connectivity index (χ0v) is 61.3. The number of allylic oxidation sites excluding steroid dienone is 4. The van der Waals surface area contributed by atoms with E-state index in [0.717, 1.165) is 127 Å². The standard InChI is InChI=1S/C73H138O17P2/c1-8-11-12-13-14-15-16-17-18-22-25-28-31-42-49-56-73(78)90-69(61-84-71(76)55-48-41-36-34-39-46-53-66(7)10-3)63-88-92(81,82)86-59-67(74)58-85-91(79,80)87-62-68(60-83-70(75)54-47-40-35-33-37-44-51-64(4)5)89-72(77)57-50-43-32-29-26-23-20-19-21-24-27-30-38-45-52-65(6)9-2/h15-18,64-69,74H,8-14,19-63H2,1-7H3,(H,79,80)(H,81,82)/b16-15-,18-17-/t65?,66?,67-,68-,69-/m1/s1. The van der Waals surface area contributed by atoms with Gasteiger partial charge in [0, 0.05) is 25.7 Å². The van der Waals surface area contributed by atoms with Crippen molar-refractivity contribution in [2.45, 2.75) is 362 Å². The number of ether oxygens (including phenoxy) is 4. The summed E-state index contributed by atoms with van der Waals surface area (Å²) in [7, 11) is -9.92. The van der Waals surface area contributed by atoms with E-state index in [9.17, 15) is 43.2 Å². The van der Waals surface area contributed by atoms with Crippen molar-refractivity contribution in [1.82, 2.24) is 0 Å². The molecule has 92 heavy (non-hydrogen) atoms. The molecule has 0 aromatic rings. The molecule has 17 nitrogen and oxygen atoms in total. The number of rotatable bonds is 69. The summed E-state index contributed by atoms with van der Waals surface area (Å²) < 4.78 is 68.3. The van der Waals surface area contributed by atoms with Crippen molar-refractivity contribution in [3.8, 4) is 0 Å². The Morgan fingerprint density at radius 3 is 0.967 bits per heavy atom. The third kappa shape index (κ3) is 63.6. The molecule has 0 rings (SSSR count). The van der Waals surface area contributed by atoms with Crippen LogP contribution in [0.4, 0.5) is 0 Å². The highest BCUT2D eigenvalue weighted by atomic mass is 31.2. The minimum atomic E-state index is -4.96. The third-order valence-corrected chi connectivity index (χ3v) is 18.9. The normalized spacial score (nSPS) is 14.9. The van der Waals surface area contributed by atoms with E-state index in [0.29, 0.717) is 31.6 Å². The maximum Gasteiger partial charge on any atom is 0.472 e. The summed E-state index contributed by atoms with van der Waals surface area (Å²) in [6.07, 6.45) is 50.9. The van der Waals surface area contributed by atoms with Crippen molar-refractivity contribution in [3.05, 3.63) is 24.3 Å². The van der Waals surface area contributed by atoms with Crippen molar-refractivity contribution < 1.29 is 80.2 Å². The Morgan fingerprint density at radius 2 is 0.641 bits per heavy atom. The summed E-state index contributed by atoms with van der Waals surface area (Å²) in [5.41, 5.74) is 0. The predicted molar refractivity (Wildman–Crippen MR) is 372 cm³/mol. The number of unbranched alkanes of at least 4 members (excludes halogenated alkanes) is 32. The van der Waals surface area contributed by atoms with Crippen molar-refractivity contribution in [3.63, 3.8) is 0 Å². The van der Waals surface area contributed by atoms with E-state index in [2.05, 4.69) is 72.8 Å². The molecule has 0 amide bonds. The van der Waals surface area contributed by atoms with Crippen LogP contribution >= 0.6 is 15.6 Å². The van der Waals surface area contributed by atoms with Crippen LogP contribution in [0.5, 0.6) is 0 Å². The molecule has 0 saturated heterocycles. The van der Waals surface area contributed by atoms with Gasteiger partial charge in [-0.15, -0.1) is 0 Å². The van der Waals surface area contributed by atoms with E-state index < -0.39 is 97.5 Å². The molecule has 0 aromatic carbocycles. The number of hydrogen-bond acceptors (Lipinski definition) is 15. The molecule has 0 fully saturated rings. The van der Waals surface area contributed by atoms with Gasteiger partial charge < -0.3 is 33.8 Å². The second-order valence-corrected chi connectivity index (χ2v) is 29.5. The van der Waals surface area contributed by atoms with Gasteiger partial charge in [0.15, 0.2) is 12.2 Å². The molecule has 19 heteroatoms. The largest absolute Gasteiger partial charge is 0.472 e. The van der Waals surface area contributed by atoms with Crippen LogP contribution in [0, 0.1) is 17.8 Å². The van der Waals surface area contributed by atoms with E-state index in [-0.39, 0.29) is 25.7 Å². The molecule has 0 radical (unpaired) electrons. The molecule has 0 aliphatic carbocycles. The molecule has 7 atom stereocenters. The molecular weight excluding hydrogens is 1210 g/mol. The number of carbonyl (C=O) groups excluding carboxylic acids is 4.